The molecule has 0 saturated carbocycles. The molecule has 0 aliphatic carbocycles. The van der Waals surface area contributed by atoms with Crippen molar-refractivity contribution in [3.63, 3.8) is 0 Å². The standard InChI is InChI=1S/C11H14N4O4/c1-15-6-7(5-13-15)2-3-12-10(16)9-4-8(11(17)18)14-19-9/h5-6,9H,2-4H2,1H3,(H,12,16)(H,17,18). The maximum atomic E-state index is 11.7. The first-order valence-electron chi connectivity index (χ1n) is 5.77. The zero-order valence-corrected chi connectivity index (χ0v) is 10.4. The van der Waals surface area contributed by atoms with E-state index in [4.69, 9.17) is 9.94 Å². The van der Waals surface area contributed by atoms with Gasteiger partial charge in [-0.1, -0.05) is 5.16 Å². The van der Waals surface area contributed by atoms with Crippen LogP contribution in [-0.4, -0.2) is 45.1 Å². The lowest BCUT2D eigenvalue weighted by molar-refractivity contribution is -0.131. The largest absolute Gasteiger partial charge is 0.477 e. The summed E-state index contributed by atoms with van der Waals surface area (Å²) in [6.07, 6.45) is 3.39. The van der Waals surface area contributed by atoms with Gasteiger partial charge in [-0.25, -0.2) is 4.79 Å². The number of nitrogens with one attached hydrogen (secondary N) is 1. The Bertz CT molecular complexity index is 523. The van der Waals surface area contributed by atoms with Crippen LogP contribution in [0, 0.1) is 0 Å². The average Bonchev–Trinajstić information content (AvgIpc) is 2.98. The Morgan fingerprint density at radius 1 is 1.63 bits per heavy atom. The lowest BCUT2D eigenvalue weighted by Crippen LogP contribution is -2.36. The van der Waals surface area contributed by atoms with E-state index >= 15 is 0 Å². The van der Waals surface area contributed by atoms with Crippen molar-refractivity contribution in [2.24, 2.45) is 12.2 Å². The number of aryl methyl sites for hydroxylation is 1. The van der Waals surface area contributed by atoms with Crippen LogP contribution in [-0.2, 0) is 27.9 Å². The smallest absolute Gasteiger partial charge is 0.353 e. The van der Waals surface area contributed by atoms with Gasteiger partial charge in [0.25, 0.3) is 5.91 Å². The Kier molecular flexibility index (Phi) is 3.79. The second-order valence-electron chi connectivity index (χ2n) is 4.20. The first-order chi connectivity index (χ1) is 9.06. The van der Waals surface area contributed by atoms with Crippen molar-refractivity contribution in [2.75, 3.05) is 6.54 Å². The minimum absolute atomic E-state index is 0.00589. The molecule has 1 aromatic rings. The van der Waals surface area contributed by atoms with Gasteiger partial charge in [-0.3, -0.25) is 9.48 Å². The van der Waals surface area contributed by atoms with Crippen LogP contribution in [0.15, 0.2) is 17.5 Å². The van der Waals surface area contributed by atoms with Crippen molar-refractivity contribution in [3.05, 3.63) is 18.0 Å². The summed E-state index contributed by atoms with van der Waals surface area (Å²) in [5.74, 6) is -1.52. The molecule has 2 heterocycles. The van der Waals surface area contributed by atoms with Crippen LogP contribution in [0.1, 0.15) is 12.0 Å². The van der Waals surface area contributed by atoms with E-state index in [1.54, 1.807) is 10.9 Å². The molecule has 0 saturated heterocycles. The van der Waals surface area contributed by atoms with Crippen molar-refractivity contribution in [2.45, 2.75) is 18.9 Å². The van der Waals surface area contributed by atoms with Crippen molar-refractivity contribution in [1.82, 2.24) is 15.1 Å². The molecule has 8 nitrogen and oxygen atoms in total. The zero-order valence-electron chi connectivity index (χ0n) is 10.4. The molecular formula is C11H14N4O4. The van der Waals surface area contributed by atoms with Gasteiger partial charge in [-0.05, 0) is 12.0 Å². The second-order valence-corrected chi connectivity index (χ2v) is 4.20. The third kappa shape index (κ3) is 3.30. The van der Waals surface area contributed by atoms with Gasteiger partial charge >= 0.3 is 5.97 Å². The first-order valence-corrected chi connectivity index (χ1v) is 5.77. The van der Waals surface area contributed by atoms with Crippen molar-refractivity contribution < 1.29 is 19.5 Å². The summed E-state index contributed by atoms with van der Waals surface area (Å²) >= 11 is 0. The van der Waals surface area contributed by atoms with Gasteiger partial charge in [0.15, 0.2) is 5.71 Å². The monoisotopic (exact) mass is 266 g/mol. The Hall–Kier alpha value is -2.38. The third-order valence-corrected chi connectivity index (χ3v) is 2.68. The second kappa shape index (κ2) is 5.51. The lowest BCUT2D eigenvalue weighted by atomic mass is 10.1. The summed E-state index contributed by atoms with van der Waals surface area (Å²) in [6.45, 7) is 0.437. The minimum atomic E-state index is -1.16. The molecule has 2 N–H and O–H groups in total. The number of carbonyl (C=O) groups is 2. The average molecular weight is 266 g/mol. The van der Waals surface area contributed by atoms with Crippen LogP contribution in [0.2, 0.25) is 0 Å². The molecular weight excluding hydrogens is 252 g/mol. The molecule has 0 radical (unpaired) electrons. The van der Waals surface area contributed by atoms with Gasteiger partial charge in [0.2, 0.25) is 6.10 Å². The number of aliphatic carboxylic acids is 1. The predicted molar refractivity (Wildman–Crippen MR) is 64.5 cm³/mol. The zero-order chi connectivity index (χ0) is 13.8. The highest BCUT2D eigenvalue weighted by molar-refractivity contribution is 6.36. The van der Waals surface area contributed by atoms with E-state index in [9.17, 15) is 9.59 Å². The van der Waals surface area contributed by atoms with Gasteiger partial charge < -0.3 is 15.3 Å². The van der Waals surface area contributed by atoms with Crippen LogP contribution < -0.4 is 5.32 Å². The predicted octanol–water partition coefficient (Wildman–Crippen LogP) is -0.692. The Labute approximate surface area is 109 Å². The summed E-state index contributed by atoms with van der Waals surface area (Å²) in [4.78, 5) is 27.1. The number of aromatic nitrogens is 2. The Morgan fingerprint density at radius 3 is 3.00 bits per heavy atom. The topological polar surface area (TPSA) is 106 Å². The summed E-state index contributed by atoms with van der Waals surface area (Å²) in [5.41, 5.74) is 0.880. The highest BCUT2D eigenvalue weighted by Crippen LogP contribution is 2.10. The molecule has 1 aliphatic heterocycles. The van der Waals surface area contributed by atoms with Crippen LogP contribution in [0.5, 0.6) is 0 Å². The third-order valence-electron chi connectivity index (χ3n) is 2.68. The number of carbonyl (C=O) groups excluding carboxylic acids is 1. The normalized spacial score (nSPS) is 17.7. The molecule has 0 aromatic carbocycles. The highest BCUT2D eigenvalue weighted by atomic mass is 16.6. The number of amides is 1. The molecule has 1 amide bonds. The van der Waals surface area contributed by atoms with Crippen molar-refractivity contribution in [1.29, 1.82) is 0 Å². The van der Waals surface area contributed by atoms with E-state index in [1.165, 1.54) is 0 Å². The number of carboxylic acid groups (broad SMARTS) is 1. The molecule has 19 heavy (non-hydrogen) atoms. The van der Waals surface area contributed by atoms with Crippen LogP contribution in [0.3, 0.4) is 0 Å². The van der Waals surface area contributed by atoms with E-state index < -0.39 is 12.1 Å². The van der Waals surface area contributed by atoms with E-state index in [0.717, 1.165) is 5.56 Å². The maximum Gasteiger partial charge on any atom is 0.353 e. The van der Waals surface area contributed by atoms with Gasteiger partial charge in [-0.2, -0.15) is 5.10 Å². The maximum absolute atomic E-state index is 11.7. The molecule has 2 rings (SSSR count). The molecule has 1 unspecified atom stereocenters. The molecule has 0 spiro atoms. The molecule has 102 valence electrons. The van der Waals surface area contributed by atoms with Gasteiger partial charge in [-0.15, -0.1) is 0 Å². The van der Waals surface area contributed by atoms with Crippen LogP contribution >= 0.6 is 0 Å². The summed E-state index contributed by atoms with van der Waals surface area (Å²) in [5, 5.41) is 18.7. The van der Waals surface area contributed by atoms with E-state index in [0.29, 0.717) is 13.0 Å². The molecule has 1 atom stereocenters. The number of rotatable bonds is 5. The first kappa shape index (κ1) is 13.1. The fourth-order valence-corrected chi connectivity index (χ4v) is 1.69. The highest BCUT2D eigenvalue weighted by Gasteiger charge is 2.31. The lowest BCUT2D eigenvalue weighted by Gasteiger charge is -2.08. The molecule has 1 aliphatic rings. The SMILES string of the molecule is Cn1cc(CCNC(=O)C2CC(C(=O)O)=NO2)cn1. The van der Waals surface area contributed by atoms with Gasteiger partial charge in [0.1, 0.15) is 0 Å². The number of hydrogen-bond donors (Lipinski definition) is 2. The fraction of sp³-hybridized carbons (Fsp3) is 0.455. The number of carboxylic acids is 1. The van der Waals surface area contributed by atoms with Crippen LogP contribution in [0.4, 0.5) is 0 Å². The molecule has 1 aromatic heterocycles. The molecule has 8 heteroatoms. The minimum Gasteiger partial charge on any atom is -0.477 e. The number of nitrogens with zero attached hydrogens (tertiary/aromatic N) is 3. The summed E-state index contributed by atoms with van der Waals surface area (Å²) in [6, 6.07) is 0. The summed E-state index contributed by atoms with van der Waals surface area (Å²) in [7, 11) is 1.82. The van der Waals surface area contributed by atoms with Gasteiger partial charge in [0.05, 0.1) is 6.20 Å². The molecule has 0 bridgehead atoms. The summed E-state index contributed by atoms with van der Waals surface area (Å²) < 4.78 is 1.68. The Balaban J connectivity index is 1.73. The van der Waals surface area contributed by atoms with Crippen molar-refractivity contribution >= 4 is 17.6 Å². The van der Waals surface area contributed by atoms with Crippen LogP contribution in [0.25, 0.3) is 0 Å². The fourth-order valence-electron chi connectivity index (χ4n) is 1.69. The van der Waals surface area contributed by atoms with Crippen molar-refractivity contribution in [3.8, 4) is 0 Å². The van der Waals surface area contributed by atoms with E-state index in [2.05, 4.69) is 15.6 Å². The quantitative estimate of drug-likeness (QED) is 0.733. The Morgan fingerprint density at radius 2 is 2.42 bits per heavy atom. The number of hydrogen-bond acceptors (Lipinski definition) is 5. The molecule has 0 fully saturated rings. The number of oxime groups is 1. The van der Waals surface area contributed by atoms with E-state index in [-0.39, 0.29) is 18.0 Å². The van der Waals surface area contributed by atoms with E-state index in [1.807, 2.05) is 13.2 Å². The van der Waals surface area contributed by atoms with Gasteiger partial charge in [0, 0.05) is 26.2 Å².